The van der Waals surface area contributed by atoms with Gasteiger partial charge in [0, 0.05) is 23.5 Å². The van der Waals surface area contributed by atoms with Crippen LogP contribution in [0, 0.1) is 0 Å². The molecule has 0 saturated heterocycles. The lowest BCUT2D eigenvalue weighted by Crippen LogP contribution is -2.45. The number of nitrogens with zero attached hydrogens (tertiary/aromatic N) is 1. The Kier molecular flexibility index (Phi) is 5.32. The quantitative estimate of drug-likeness (QED) is 0.821. The first kappa shape index (κ1) is 16.4. The van der Waals surface area contributed by atoms with Crippen LogP contribution in [0.3, 0.4) is 0 Å². The zero-order valence-corrected chi connectivity index (χ0v) is 13.6. The number of hydrogen-bond acceptors (Lipinski definition) is 4. The van der Waals surface area contributed by atoms with Crippen molar-refractivity contribution >= 4 is 21.4 Å². The minimum atomic E-state index is -3.47. The molecule has 0 aliphatic rings. The average molecular weight is 302 g/mol. The number of hydrogen-bond donors (Lipinski definition) is 1. The van der Waals surface area contributed by atoms with E-state index in [1.807, 2.05) is 33.9 Å². The first-order chi connectivity index (χ1) is 8.73. The Labute approximate surface area is 120 Å². The average Bonchev–Trinajstić information content (AvgIpc) is 2.74. The fourth-order valence-electron chi connectivity index (χ4n) is 1.72. The summed E-state index contributed by atoms with van der Waals surface area (Å²) >= 11 is 1.31. The van der Waals surface area contributed by atoms with Gasteiger partial charge in [0.2, 0.25) is 0 Å². The summed E-state index contributed by atoms with van der Waals surface area (Å²) in [5.41, 5.74) is -0.472. The van der Waals surface area contributed by atoms with Crippen molar-refractivity contribution in [2.45, 2.75) is 37.1 Å². The largest absolute Gasteiger partial charge is 0.315 e. The van der Waals surface area contributed by atoms with Gasteiger partial charge in [-0.25, -0.2) is 8.42 Å². The number of rotatable bonds is 6. The second-order valence-corrected chi connectivity index (χ2v) is 8.50. The third-order valence-corrected chi connectivity index (χ3v) is 6.26. The molecular formula is C13H22N2O2S2. The highest BCUT2D eigenvalue weighted by Crippen LogP contribution is 2.29. The molecule has 0 fully saturated rings. The van der Waals surface area contributed by atoms with E-state index in [-0.39, 0.29) is 0 Å². The molecule has 108 valence electrons. The summed E-state index contributed by atoms with van der Waals surface area (Å²) in [7, 11) is -1.63. The Bertz CT molecular complexity index is 527. The minimum absolute atomic E-state index is 0.311. The van der Waals surface area contributed by atoms with Gasteiger partial charge >= 0.3 is 0 Å². The maximum atomic E-state index is 12.7. The van der Waals surface area contributed by atoms with E-state index in [9.17, 15) is 8.42 Å². The molecule has 0 saturated carbocycles. The Morgan fingerprint density at radius 3 is 2.53 bits per heavy atom. The van der Waals surface area contributed by atoms with Crippen LogP contribution in [-0.4, -0.2) is 31.9 Å². The van der Waals surface area contributed by atoms with Crippen molar-refractivity contribution in [1.82, 2.24) is 9.62 Å². The van der Waals surface area contributed by atoms with E-state index in [2.05, 4.69) is 11.9 Å². The molecule has 0 aliphatic heterocycles. The van der Waals surface area contributed by atoms with E-state index in [4.69, 9.17) is 0 Å². The molecule has 0 atom stereocenters. The van der Waals surface area contributed by atoms with Crippen LogP contribution in [0.5, 0.6) is 0 Å². The number of nitrogens with one attached hydrogen (secondary N) is 1. The SMILES string of the molecule is C=CCN(C(C)(C)C)S(=O)(=O)c1ccc(CNC)s1. The maximum absolute atomic E-state index is 12.7. The van der Waals surface area contributed by atoms with Gasteiger partial charge in [-0.05, 0) is 40.0 Å². The minimum Gasteiger partial charge on any atom is -0.315 e. The first-order valence-corrected chi connectivity index (χ1v) is 8.36. The van der Waals surface area contributed by atoms with Gasteiger partial charge in [-0.15, -0.1) is 17.9 Å². The zero-order chi connectivity index (χ0) is 14.7. The highest BCUT2D eigenvalue weighted by Gasteiger charge is 2.33. The van der Waals surface area contributed by atoms with E-state index >= 15 is 0 Å². The fourth-order valence-corrected chi connectivity index (χ4v) is 4.96. The third kappa shape index (κ3) is 3.89. The molecule has 0 radical (unpaired) electrons. The molecule has 1 rings (SSSR count). The van der Waals surface area contributed by atoms with E-state index < -0.39 is 15.6 Å². The molecule has 0 aromatic carbocycles. The van der Waals surface area contributed by atoms with Gasteiger partial charge in [0.15, 0.2) is 0 Å². The summed E-state index contributed by atoms with van der Waals surface area (Å²) in [6.45, 7) is 10.3. The van der Waals surface area contributed by atoms with Gasteiger partial charge < -0.3 is 5.32 Å². The predicted molar refractivity (Wildman–Crippen MR) is 80.9 cm³/mol. The number of sulfonamides is 1. The van der Waals surface area contributed by atoms with Crippen LogP contribution >= 0.6 is 11.3 Å². The van der Waals surface area contributed by atoms with Gasteiger partial charge in [-0.1, -0.05) is 6.08 Å². The van der Waals surface area contributed by atoms with Crippen LogP contribution in [-0.2, 0) is 16.6 Å². The summed E-state index contributed by atoms with van der Waals surface area (Å²) in [5.74, 6) is 0. The van der Waals surface area contributed by atoms with Crippen molar-refractivity contribution in [1.29, 1.82) is 0 Å². The Hall–Kier alpha value is -0.690. The van der Waals surface area contributed by atoms with Crippen LogP contribution in [0.25, 0.3) is 0 Å². The van der Waals surface area contributed by atoms with Gasteiger partial charge in [0.1, 0.15) is 4.21 Å². The molecule has 0 amide bonds. The molecule has 0 spiro atoms. The third-order valence-electron chi connectivity index (χ3n) is 2.58. The van der Waals surface area contributed by atoms with Crippen LogP contribution in [0.2, 0.25) is 0 Å². The summed E-state index contributed by atoms with van der Waals surface area (Å²) in [6.07, 6.45) is 1.62. The van der Waals surface area contributed by atoms with Gasteiger partial charge in [0.25, 0.3) is 10.0 Å². The second-order valence-electron chi connectivity index (χ2n) is 5.25. The standard InChI is InChI=1S/C13H22N2O2S2/c1-6-9-15(13(2,3)4)19(16,17)12-8-7-11(18-12)10-14-5/h6-8,14H,1,9-10H2,2-5H3. The highest BCUT2D eigenvalue weighted by molar-refractivity contribution is 7.91. The highest BCUT2D eigenvalue weighted by atomic mass is 32.2. The molecule has 1 aromatic rings. The molecule has 0 bridgehead atoms. The van der Waals surface area contributed by atoms with E-state index in [1.54, 1.807) is 12.1 Å². The summed E-state index contributed by atoms with van der Waals surface area (Å²) in [5, 5.41) is 3.02. The molecule has 4 nitrogen and oxygen atoms in total. The predicted octanol–water partition coefficient (Wildman–Crippen LogP) is 2.44. The molecule has 19 heavy (non-hydrogen) atoms. The molecule has 0 aliphatic carbocycles. The fraction of sp³-hybridized carbons (Fsp3) is 0.538. The summed E-state index contributed by atoms with van der Waals surface area (Å²) in [4.78, 5) is 1.01. The smallest absolute Gasteiger partial charge is 0.253 e. The maximum Gasteiger partial charge on any atom is 0.253 e. The lowest BCUT2D eigenvalue weighted by Gasteiger charge is -2.33. The Morgan fingerprint density at radius 1 is 1.42 bits per heavy atom. The zero-order valence-electron chi connectivity index (χ0n) is 11.9. The molecule has 0 unspecified atom stereocenters. The van der Waals surface area contributed by atoms with E-state index in [0.717, 1.165) is 4.88 Å². The van der Waals surface area contributed by atoms with Crippen molar-refractivity contribution < 1.29 is 8.42 Å². The monoisotopic (exact) mass is 302 g/mol. The molecule has 1 N–H and O–H groups in total. The summed E-state index contributed by atoms with van der Waals surface area (Å²) < 4.78 is 27.2. The molecule has 6 heteroatoms. The summed E-state index contributed by atoms with van der Waals surface area (Å²) in [6, 6.07) is 3.53. The molecular weight excluding hydrogens is 280 g/mol. The van der Waals surface area contributed by atoms with Gasteiger partial charge in [-0.3, -0.25) is 0 Å². The lowest BCUT2D eigenvalue weighted by molar-refractivity contribution is 0.270. The Morgan fingerprint density at radius 2 is 2.05 bits per heavy atom. The normalized spacial score (nSPS) is 12.9. The van der Waals surface area contributed by atoms with Crippen molar-refractivity contribution in [3.05, 3.63) is 29.7 Å². The van der Waals surface area contributed by atoms with Crippen molar-refractivity contribution in [3.63, 3.8) is 0 Å². The molecule has 1 heterocycles. The van der Waals surface area contributed by atoms with Crippen molar-refractivity contribution in [2.24, 2.45) is 0 Å². The van der Waals surface area contributed by atoms with Crippen LogP contribution in [0.1, 0.15) is 25.6 Å². The van der Waals surface area contributed by atoms with E-state index in [0.29, 0.717) is 17.3 Å². The van der Waals surface area contributed by atoms with Crippen LogP contribution in [0.15, 0.2) is 29.0 Å². The van der Waals surface area contributed by atoms with Crippen molar-refractivity contribution in [3.8, 4) is 0 Å². The first-order valence-electron chi connectivity index (χ1n) is 6.10. The second kappa shape index (κ2) is 6.17. The van der Waals surface area contributed by atoms with Gasteiger partial charge in [0.05, 0.1) is 0 Å². The topological polar surface area (TPSA) is 49.4 Å². The Balaban J connectivity index is 3.15. The number of thiophene rings is 1. The van der Waals surface area contributed by atoms with Crippen LogP contribution in [0.4, 0.5) is 0 Å². The lowest BCUT2D eigenvalue weighted by atomic mass is 10.1. The van der Waals surface area contributed by atoms with Crippen LogP contribution < -0.4 is 5.32 Å². The molecule has 1 aromatic heterocycles. The van der Waals surface area contributed by atoms with E-state index in [1.165, 1.54) is 15.6 Å². The van der Waals surface area contributed by atoms with Crippen molar-refractivity contribution in [2.75, 3.05) is 13.6 Å². The van der Waals surface area contributed by atoms with Gasteiger partial charge in [-0.2, -0.15) is 4.31 Å².